The maximum absolute atomic E-state index is 13.0. The number of alkyl halides is 6. The summed E-state index contributed by atoms with van der Waals surface area (Å²) in [5, 5.41) is 0.267. The molecular formula is C19H15ClF6O3. The largest absolute Gasteiger partial charge is 0.411 e. The molecule has 0 aliphatic rings. The molecule has 0 radical (unpaired) electrons. The Balaban J connectivity index is 2.43. The Morgan fingerprint density at radius 1 is 0.828 bits per heavy atom. The number of benzene rings is 2. The van der Waals surface area contributed by atoms with Crippen molar-refractivity contribution in [1.82, 2.24) is 0 Å². The molecule has 0 spiro atoms. The molecule has 158 valence electrons. The number of hydrogen-bond acceptors (Lipinski definition) is 3. The van der Waals surface area contributed by atoms with Gasteiger partial charge in [-0.2, -0.15) is 26.3 Å². The first-order chi connectivity index (χ1) is 13.5. The van der Waals surface area contributed by atoms with Crippen LogP contribution in [0.3, 0.4) is 0 Å². The van der Waals surface area contributed by atoms with Gasteiger partial charge < -0.3 is 9.47 Å². The van der Waals surface area contributed by atoms with Crippen LogP contribution in [0.15, 0.2) is 54.6 Å². The third-order valence-electron chi connectivity index (χ3n) is 3.66. The van der Waals surface area contributed by atoms with Crippen LogP contribution in [0.5, 0.6) is 0 Å². The quantitative estimate of drug-likeness (QED) is 0.296. The lowest BCUT2D eigenvalue weighted by Crippen LogP contribution is -2.36. The van der Waals surface area contributed by atoms with Crippen LogP contribution in [0.4, 0.5) is 26.3 Å². The van der Waals surface area contributed by atoms with E-state index in [0.717, 1.165) is 0 Å². The van der Waals surface area contributed by atoms with Crippen molar-refractivity contribution in [3.8, 4) is 0 Å². The molecule has 2 rings (SSSR count). The molecule has 1 unspecified atom stereocenters. The Morgan fingerprint density at radius 3 is 1.76 bits per heavy atom. The van der Waals surface area contributed by atoms with Gasteiger partial charge in [-0.05, 0) is 17.7 Å². The van der Waals surface area contributed by atoms with E-state index in [-0.39, 0.29) is 16.1 Å². The Kier molecular flexibility index (Phi) is 7.67. The summed E-state index contributed by atoms with van der Waals surface area (Å²) in [6.45, 7) is -3.77. The highest BCUT2D eigenvalue weighted by Crippen LogP contribution is 2.31. The Labute approximate surface area is 167 Å². The highest BCUT2D eigenvalue weighted by Gasteiger charge is 2.39. The van der Waals surface area contributed by atoms with E-state index in [2.05, 4.69) is 9.47 Å². The van der Waals surface area contributed by atoms with Gasteiger partial charge in [0.15, 0.2) is 12.1 Å². The lowest BCUT2D eigenvalue weighted by Gasteiger charge is -2.28. The summed E-state index contributed by atoms with van der Waals surface area (Å²) in [5.41, 5.74) is 0.168. The Morgan fingerprint density at radius 2 is 1.31 bits per heavy atom. The molecule has 0 saturated carbocycles. The zero-order chi connectivity index (χ0) is 21.7. The molecule has 1 atom stereocenters. The van der Waals surface area contributed by atoms with Crippen LogP contribution in [0, 0.1) is 0 Å². The lowest BCUT2D eigenvalue weighted by atomic mass is 9.90. The van der Waals surface area contributed by atoms with Gasteiger partial charge in [0.05, 0.1) is 5.92 Å². The smallest absolute Gasteiger partial charge is 0.342 e. The first kappa shape index (κ1) is 23.2. The Bertz CT molecular complexity index is 772. The van der Waals surface area contributed by atoms with E-state index in [4.69, 9.17) is 11.6 Å². The number of halogens is 7. The summed E-state index contributed by atoms with van der Waals surface area (Å²) in [7, 11) is 0. The fourth-order valence-corrected chi connectivity index (χ4v) is 2.60. The van der Waals surface area contributed by atoms with Crippen molar-refractivity contribution in [2.75, 3.05) is 13.2 Å². The van der Waals surface area contributed by atoms with Crippen molar-refractivity contribution in [2.45, 2.75) is 24.6 Å². The van der Waals surface area contributed by atoms with E-state index in [9.17, 15) is 31.1 Å². The van der Waals surface area contributed by atoms with Crippen LogP contribution >= 0.6 is 11.6 Å². The number of ketones is 1. The molecule has 0 fully saturated rings. The third kappa shape index (κ3) is 7.68. The first-order valence-electron chi connectivity index (χ1n) is 8.18. The van der Waals surface area contributed by atoms with Gasteiger partial charge in [-0.1, -0.05) is 54.1 Å². The SMILES string of the molecule is O=C(c1ccccc1)C(c1ccc(Cl)cc1)C(OCC(F)(F)F)OCC(F)(F)F. The van der Waals surface area contributed by atoms with Crippen molar-refractivity contribution >= 4 is 17.4 Å². The van der Waals surface area contributed by atoms with E-state index >= 15 is 0 Å². The highest BCUT2D eigenvalue weighted by atomic mass is 35.5. The van der Waals surface area contributed by atoms with E-state index in [1.54, 1.807) is 6.07 Å². The number of carbonyl (C=O) groups is 1. The lowest BCUT2D eigenvalue weighted by molar-refractivity contribution is -0.261. The van der Waals surface area contributed by atoms with Crippen LogP contribution in [-0.2, 0) is 9.47 Å². The third-order valence-corrected chi connectivity index (χ3v) is 3.92. The second-order valence-electron chi connectivity index (χ2n) is 5.98. The molecule has 0 heterocycles. The van der Waals surface area contributed by atoms with Gasteiger partial charge in [-0.25, -0.2) is 0 Å². The molecular weight excluding hydrogens is 426 g/mol. The molecule has 0 saturated heterocycles. The van der Waals surface area contributed by atoms with Gasteiger partial charge in [0.2, 0.25) is 0 Å². The molecule has 0 aromatic heterocycles. The van der Waals surface area contributed by atoms with Crippen LogP contribution in [0.2, 0.25) is 5.02 Å². The highest BCUT2D eigenvalue weighted by molar-refractivity contribution is 6.30. The minimum absolute atomic E-state index is 0.0728. The standard InChI is InChI=1S/C19H15ClF6O3/c20-14-8-6-12(7-9-14)15(16(27)13-4-2-1-3-5-13)17(28-10-18(21,22)23)29-11-19(24,25)26/h1-9,15,17H,10-11H2. The molecule has 0 amide bonds. The number of ether oxygens (including phenoxy) is 2. The average Bonchev–Trinajstić information content (AvgIpc) is 2.64. The summed E-state index contributed by atoms with van der Waals surface area (Å²) >= 11 is 5.79. The predicted molar refractivity (Wildman–Crippen MR) is 92.8 cm³/mol. The van der Waals surface area contributed by atoms with Crippen molar-refractivity contribution < 1.29 is 40.6 Å². The molecule has 2 aromatic carbocycles. The number of carbonyl (C=O) groups excluding carboxylic acids is 1. The summed E-state index contributed by atoms with van der Waals surface area (Å²) in [6.07, 6.45) is -11.8. The molecule has 0 N–H and O–H groups in total. The molecule has 0 bridgehead atoms. The van der Waals surface area contributed by atoms with Crippen molar-refractivity contribution in [3.63, 3.8) is 0 Å². The summed E-state index contributed by atoms with van der Waals surface area (Å²) < 4.78 is 84.9. The van der Waals surface area contributed by atoms with Crippen LogP contribution < -0.4 is 0 Å². The topological polar surface area (TPSA) is 35.5 Å². The summed E-state index contributed by atoms with van der Waals surface area (Å²) in [5.74, 6) is -2.35. The maximum atomic E-state index is 13.0. The fraction of sp³-hybridized carbons (Fsp3) is 0.316. The molecule has 10 heteroatoms. The minimum Gasteiger partial charge on any atom is -0.342 e. The zero-order valence-corrected chi connectivity index (χ0v) is 15.4. The summed E-state index contributed by atoms with van der Waals surface area (Å²) in [6, 6.07) is 12.7. The van der Waals surface area contributed by atoms with Crippen molar-refractivity contribution in [1.29, 1.82) is 0 Å². The van der Waals surface area contributed by atoms with Crippen LogP contribution in [0.25, 0.3) is 0 Å². The van der Waals surface area contributed by atoms with Crippen molar-refractivity contribution in [2.24, 2.45) is 0 Å². The molecule has 0 aliphatic carbocycles. The van der Waals surface area contributed by atoms with Gasteiger partial charge in [-0.3, -0.25) is 4.79 Å². The molecule has 2 aromatic rings. The fourth-order valence-electron chi connectivity index (χ4n) is 2.48. The van der Waals surface area contributed by atoms with Gasteiger partial charge >= 0.3 is 12.4 Å². The number of Topliss-reactive ketones (excluding diaryl/α,β-unsaturated/α-hetero) is 1. The van der Waals surface area contributed by atoms with E-state index < -0.39 is 43.6 Å². The van der Waals surface area contributed by atoms with Crippen LogP contribution in [-0.4, -0.2) is 37.6 Å². The zero-order valence-electron chi connectivity index (χ0n) is 14.6. The van der Waals surface area contributed by atoms with E-state index in [1.165, 1.54) is 48.5 Å². The van der Waals surface area contributed by atoms with Gasteiger partial charge in [-0.15, -0.1) is 0 Å². The van der Waals surface area contributed by atoms with E-state index in [1.807, 2.05) is 0 Å². The predicted octanol–water partition coefficient (Wildman–Crippen LogP) is 5.79. The molecule has 29 heavy (non-hydrogen) atoms. The normalized spacial score (nSPS) is 13.5. The Hall–Kier alpha value is -2.10. The second kappa shape index (κ2) is 9.60. The minimum atomic E-state index is -4.83. The van der Waals surface area contributed by atoms with Crippen molar-refractivity contribution in [3.05, 3.63) is 70.7 Å². The molecule has 3 nitrogen and oxygen atoms in total. The maximum Gasteiger partial charge on any atom is 0.411 e. The summed E-state index contributed by atoms with van der Waals surface area (Å²) in [4.78, 5) is 13.0. The number of hydrogen-bond donors (Lipinski definition) is 0. The van der Waals surface area contributed by atoms with Gasteiger partial charge in [0.25, 0.3) is 0 Å². The first-order valence-corrected chi connectivity index (χ1v) is 8.55. The average molecular weight is 441 g/mol. The number of rotatable bonds is 8. The molecule has 0 aliphatic heterocycles. The monoisotopic (exact) mass is 440 g/mol. The second-order valence-corrected chi connectivity index (χ2v) is 6.42. The van der Waals surface area contributed by atoms with Gasteiger partial charge in [0.1, 0.15) is 13.2 Å². The van der Waals surface area contributed by atoms with Crippen LogP contribution in [0.1, 0.15) is 21.8 Å². The van der Waals surface area contributed by atoms with E-state index in [0.29, 0.717) is 0 Å². The van der Waals surface area contributed by atoms with Gasteiger partial charge in [0, 0.05) is 10.6 Å².